The maximum absolute atomic E-state index is 12.6. The molecule has 0 spiro atoms. The highest BCUT2D eigenvalue weighted by molar-refractivity contribution is 6.32. The van der Waals surface area contributed by atoms with Crippen LogP contribution in [0.1, 0.15) is 53.4 Å². The number of amides is 1. The molecule has 0 saturated heterocycles. The lowest BCUT2D eigenvalue weighted by atomic mass is 9.75. The van der Waals surface area contributed by atoms with Crippen LogP contribution in [0.15, 0.2) is 35.4 Å². The lowest BCUT2D eigenvalue weighted by molar-refractivity contribution is -0.125. The van der Waals surface area contributed by atoms with Crippen molar-refractivity contribution in [2.24, 2.45) is 0 Å². The molecular weight excluding hydrogens is 314 g/mol. The van der Waals surface area contributed by atoms with Gasteiger partial charge in [0.1, 0.15) is 11.1 Å². The van der Waals surface area contributed by atoms with Gasteiger partial charge in [0.2, 0.25) is 0 Å². The maximum Gasteiger partial charge on any atom is 0.408 e. The van der Waals surface area contributed by atoms with Crippen LogP contribution in [0.25, 0.3) is 0 Å². The Kier molecular flexibility index (Phi) is 6.63. The Labute approximate surface area is 143 Å². The number of alkyl carbamates (subject to hydrolysis) is 1. The molecule has 128 valence electrons. The van der Waals surface area contributed by atoms with Gasteiger partial charge < -0.3 is 10.1 Å². The van der Waals surface area contributed by atoms with Crippen LogP contribution in [0.4, 0.5) is 4.79 Å². The molecule has 1 amide bonds. The zero-order valence-corrected chi connectivity index (χ0v) is 15.1. The summed E-state index contributed by atoms with van der Waals surface area (Å²) in [5.74, 6) is -0.0772. The molecule has 4 nitrogen and oxygen atoms in total. The van der Waals surface area contributed by atoms with E-state index in [1.807, 2.05) is 13.0 Å². The third-order valence-electron chi connectivity index (χ3n) is 3.63. The Morgan fingerprint density at radius 3 is 2.57 bits per heavy atom. The fourth-order valence-corrected chi connectivity index (χ4v) is 2.75. The first-order valence-electron chi connectivity index (χ1n) is 7.85. The van der Waals surface area contributed by atoms with E-state index in [-0.39, 0.29) is 5.78 Å². The van der Waals surface area contributed by atoms with Gasteiger partial charge in [-0.15, -0.1) is 0 Å². The number of allylic oxidation sites excluding steroid dienone is 3. The molecule has 0 radical (unpaired) electrons. The number of hydrogen-bond donors (Lipinski definition) is 1. The van der Waals surface area contributed by atoms with Gasteiger partial charge in [-0.1, -0.05) is 30.3 Å². The van der Waals surface area contributed by atoms with Crippen molar-refractivity contribution in [3.63, 3.8) is 0 Å². The monoisotopic (exact) mass is 339 g/mol. The van der Waals surface area contributed by atoms with Gasteiger partial charge in [0.15, 0.2) is 5.78 Å². The van der Waals surface area contributed by atoms with Crippen LogP contribution < -0.4 is 5.32 Å². The Bertz CT molecular complexity index is 543. The summed E-state index contributed by atoms with van der Waals surface area (Å²) in [4.78, 5) is 24.8. The summed E-state index contributed by atoms with van der Waals surface area (Å²) >= 11 is 6.28. The minimum atomic E-state index is -1.18. The molecule has 1 N–H and O–H groups in total. The highest BCUT2D eigenvalue weighted by Gasteiger charge is 2.45. The van der Waals surface area contributed by atoms with E-state index in [9.17, 15) is 9.59 Å². The van der Waals surface area contributed by atoms with Gasteiger partial charge in [-0.3, -0.25) is 4.79 Å². The van der Waals surface area contributed by atoms with Gasteiger partial charge in [0.25, 0.3) is 0 Å². The molecule has 1 atom stereocenters. The van der Waals surface area contributed by atoms with Gasteiger partial charge in [-0.2, -0.15) is 0 Å². The maximum atomic E-state index is 12.6. The van der Waals surface area contributed by atoms with E-state index < -0.39 is 17.2 Å². The Morgan fingerprint density at radius 1 is 1.39 bits per heavy atom. The summed E-state index contributed by atoms with van der Waals surface area (Å²) in [6.45, 7) is 11.2. The molecule has 0 aliphatic heterocycles. The van der Waals surface area contributed by atoms with Gasteiger partial charge in [0.05, 0.1) is 0 Å². The van der Waals surface area contributed by atoms with E-state index in [0.717, 1.165) is 12.8 Å². The summed E-state index contributed by atoms with van der Waals surface area (Å²) in [5.41, 5.74) is -1.42. The fraction of sp³-hybridized carbons (Fsp3) is 0.556. The second-order valence-electron chi connectivity index (χ2n) is 6.68. The molecule has 0 heterocycles. The van der Waals surface area contributed by atoms with Crippen molar-refractivity contribution in [3.05, 3.63) is 35.4 Å². The van der Waals surface area contributed by atoms with Crippen molar-refractivity contribution in [2.75, 3.05) is 0 Å². The zero-order valence-electron chi connectivity index (χ0n) is 14.4. The van der Waals surface area contributed by atoms with Crippen LogP contribution in [0, 0.1) is 0 Å². The number of rotatable bonds is 4. The second-order valence-corrected chi connectivity index (χ2v) is 7.09. The summed E-state index contributed by atoms with van der Waals surface area (Å²) in [5, 5.41) is 3.09. The molecular formula is C18H26ClNO3. The van der Waals surface area contributed by atoms with E-state index in [2.05, 4.69) is 11.9 Å². The molecule has 1 saturated carbocycles. The molecule has 1 aliphatic rings. The summed E-state index contributed by atoms with van der Waals surface area (Å²) in [6.07, 6.45) is 7.11. The standard InChI is InChI=1S/C18H26ClNO3/c1-6-7-10-14(19)13(2)18(12-9-8-11-15(18)21)20-16(22)23-17(3,4)5/h6-7,10H,2,8-9,11-12H2,1,3-5H3,(H,20,22)/b7-6-,14-10+/t18-/m1/s1. The minimum absolute atomic E-state index is 0.0772. The smallest absolute Gasteiger partial charge is 0.408 e. The van der Waals surface area contributed by atoms with Gasteiger partial charge in [0, 0.05) is 11.5 Å². The molecule has 1 rings (SSSR count). The van der Waals surface area contributed by atoms with Crippen molar-refractivity contribution in [1.29, 1.82) is 0 Å². The van der Waals surface area contributed by atoms with E-state index in [0.29, 0.717) is 23.4 Å². The Balaban J connectivity index is 3.11. The second kappa shape index (κ2) is 7.82. The van der Waals surface area contributed by atoms with E-state index >= 15 is 0 Å². The SMILES string of the molecule is C=C(/C(Cl)=C\C=C/C)[C@]1(NC(=O)OC(C)(C)C)CCCCC1=O. The number of ether oxygens (including phenoxy) is 1. The number of carbonyl (C=O) groups excluding carboxylic acids is 2. The van der Waals surface area contributed by atoms with Crippen LogP contribution in [0.2, 0.25) is 0 Å². The molecule has 1 aliphatic carbocycles. The van der Waals surface area contributed by atoms with Crippen LogP contribution in [0.3, 0.4) is 0 Å². The predicted molar refractivity (Wildman–Crippen MR) is 93.5 cm³/mol. The molecule has 5 heteroatoms. The van der Waals surface area contributed by atoms with Crippen LogP contribution >= 0.6 is 11.6 Å². The first-order valence-corrected chi connectivity index (χ1v) is 8.23. The highest BCUT2D eigenvalue weighted by Crippen LogP contribution is 2.36. The number of Topliss-reactive ketones (excluding diaryl/α,β-unsaturated/α-hetero) is 1. The average molecular weight is 340 g/mol. The van der Waals surface area contributed by atoms with Crippen LogP contribution in [-0.2, 0) is 9.53 Å². The number of hydrogen-bond acceptors (Lipinski definition) is 3. The molecule has 0 aromatic rings. The summed E-state index contributed by atoms with van der Waals surface area (Å²) in [6, 6.07) is 0. The van der Waals surface area contributed by atoms with Crippen molar-refractivity contribution in [1.82, 2.24) is 5.32 Å². The van der Waals surface area contributed by atoms with Gasteiger partial charge in [-0.25, -0.2) is 4.79 Å². The van der Waals surface area contributed by atoms with Crippen molar-refractivity contribution >= 4 is 23.5 Å². The van der Waals surface area contributed by atoms with Crippen molar-refractivity contribution in [2.45, 2.75) is 64.5 Å². The fourth-order valence-electron chi connectivity index (χ4n) is 2.52. The summed E-state index contributed by atoms with van der Waals surface area (Å²) < 4.78 is 5.30. The Morgan fingerprint density at radius 2 is 2.04 bits per heavy atom. The zero-order chi connectivity index (χ0) is 17.7. The van der Waals surface area contributed by atoms with Crippen LogP contribution in [-0.4, -0.2) is 23.0 Å². The number of halogens is 1. The van der Waals surface area contributed by atoms with E-state index in [1.165, 1.54) is 0 Å². The van der Waals surface area contributed by atoms with Crippen molar-refractivity contribution < 1.29 is 14.3 Å². The van der Waals surface area contributed by atoms with Gasteiger partial charge in [-0.05, 0) is 58.6 Å². The average Bonchev–Trinajstić information content (AvgIpc) is 2.44. The van der Waals surface area contributed by atoms with E-state index in [1.54, 1.807) is 32.9 Å². The third kappa shape index (κ3) is 5.24. The van der Waals surface area contributed by atoms with Crippen LogP contribution in [0.5, 0.6) is 0 Å². The highest BCUT2D eigenvalue weighted by atomic mass is 35.5. The molecule has 0 unspecified atom stereocenters. The first kappa shape index (κ1) is 19.5. The number of ketones is 1. The molecule has 0 aromatic carbocycles. The topological polar surface area (TPSA) is 55.4 Å². The van der Waals surface area contributed by atoms with Crippen molar-refractivity contribution in [3.8, 4) is 0 Å². The lowest BCUT2D eigenvalue weighted by Crippen LogP contribution is -2.58. The number of nitrogens with one attached hydrogen (secondary N) is 1. The molecule has 23 heavy (non-hydrogen) atoms. The van der Waals surface area contributed by atoms with Gasteiger partial charge >= 0.3 is 6.09 Å². The largest absolute Gasteiger partial charge is 0.444 e. The minimum Gasteiger partial charge on any atom is -0.444 e. The lowest BCUT2D eigenvalue weighted by Gasteiger charge is -2.38. The molecule has 1 fully saturated rings. The Hall–Kier alpha value is -1.55. The summed E-state index contributed by atoms with van der Waals surface area (Å²) in [7, 11) is 0. The quantitative estimate of drug-likeness (QED) is 0.758. The number of carbonyl (C=O) groups is 2. The third-order valence-corrected chi connectivity index (χ3v) is 3.99. The first-order chi connectivity index (χ1) is 10.6. The predicted octanol–water partition coefficient (Wildman–Crippen LogP) is 4.65. The normalized spacial score (nSPS) is 23.0. The molecule has 0 bridgehead atoms. The van der Waals surface area contributed by atoms with E-state index in [4.69, 9.17) is 16.3 Å². The molecule has 0 aromatic heterocycles.